The first-order chi connectivity index (χ1) is 15.3. The number of fused-ring (bicyclic) bond motifs is 1. The molecule has 1 aliphatic rings. The summed E-state index contributed by atoms with van der Waals surface area (Å²) in [6, 6.07) is 12.4. The Kier molecular flexibility index (Phi) is 7.35. The molecule has 0 amide bonds. The highest BCUT2D eigenvalue weighted by molar-refractivity contribution is 6.41. The normalized spacial score (nSPS) is 14.5. The monoisotopic (exact) mass is 430 g/mol. The molecule has 1 aromatic carbocycles. The molecule has 0 bridgehead atoms. The van der Waals surface area contributed by atoms with Gasteiger partial charge >= 0.3 is 0 Å². The van der Waals surface area contributed by atoms with E-state index in [1.54, 1.807) is 56.9 Å². The van der Waals surface area contributed by atoms with Gasteiger partial charge in [0.2, 0.25) is 11.6 Å². The molecule has 162 valence electrons. The second kappa shape index (κ2) is 10.2. The van der Waals surface area contributed by atoms with Crippen molar-refractivity contribution in [2.75, 3.05) is 31.9 Å². The van der Waals surface area contributed by atoms with Crippen LogP contribution in [-0.2, 0) is 5.34 Å². The molecule has 4 rings (SSSR count). The van der Waals surface area contributed by atoms with E-state index in [1.165, 1.54) is 0 Å². The molecule has 3 heterocycles. The molecule has 0 aliphatic carbocycles. The number of hydrogen-bond acceptors (Lipinski definition) is 8. The van der Waals surface area contributed by atoms with Gasteiger partial charge in [0.15, 0.2) is 11.5 Å². The predicted molar refractivity (Wildman–Crippen MR) is 125 cm³/mol. The van der Waals surface area contributed by atoms with Crippen molar-refractivity contribution in [2.24, 2.45) is 0 Å². The van der Waals surface area contributed by atoms with Crippen molar-refractivity contribution < 1.29 is 18.9 Å². The Bertz CT molecular complexity index is 1040. The molecule has 0 spiro atoms. The lowest BCUT2D eigenvalue weighted by Crippen LogP contribution is -2.37. The van der Waals surface area contributed by atoms with Crippen molar-refractivity contribution in [2.45, 2.75) is 18.4 Å². The highest BCUT2D eigenvalue weighted by Crippen LogP contribution is 2.43. The summed E-state index contributed by atoms with van der Waals surface area (Å²) in [5.41, 5.74) is 6.87. The maximum atomic E-state index is 6.25. The Hall–Kier alpha value is -3.55. The van der Waals surface area contributed by atoms with Gasteiger partial charge < -0.3 is 30.0 Å². The first-order valence-electron chi connectivity index (χ1n) is 9.87. The molecule has 1 atom stereocenters. The summed E-state index contributed by atoms with van der Waals surface area (Å²) in [7, 11) is 15.6. The van der Waals surface area contributed by atoms with Gasteiger partial charge in [-0.15, -0.1) is 0 Å². The van der Waals surface area contributed by atoms with Crippen molar-refractivity contribution in [3.05, 3.63) is 60.4 Å². The summed E-state index contributed by atoms with van der Waals surface area (Å²) < 4.78 is 21.7. The van der Waals surface area contributed by atoms with Crippen molar-refractivity contribution in [3.63, 3.8) is 0 Å². The third kappa shape index (κ3) is 5.57. The number of nitrogens with zero attached hydrogens (tertiary/aromatic N) is 2. The summed E-state index contributed by atoms with van der Waals surface area (Å²) >= 11 is 0. The average molecular weight is 430 g/mol. The fourth-order valence-corrected chi connectivity index (χ4v) is 2.91. The molecule has 8 nitrogen and oxygen atoms in total. The fourth-order valence-electron chi connectivity index (χ4n) is 2.91. The van der Waals surface area contributed by atoms with Crippen molar-refractivity contribution >= 4 is 27.2 Å². The van der Waals surface area contributed by atoms with Gasteiger partial charge in [0.25, 0.3) is 0 Å². The quantitative estimate of drug-likeness (QED) is 0.596. The van der Waals surface area contributed by atoms with Crippen molar-refractivity contribution in [3.8, 4) is 23.1 Å². The molecule has 1 unspecified atom stereocenters. The van der Waals surface area contributed by atoms with Gasteiger partial charge in [0, 0.05) is 18.5 Å². The molecule has 3 aromatic rings. The first-order valence-corrected chi connectivity index (χ1v) is 9.87. The van der Waals surface area contributed by atoms with Gasteiger partial charge in [0.1, 0.15) is 18.5 Å². The van der Waals surface area contributed by atoms with Gasteiger partial charge in [-0.3, -0.25) is 0 Å². The molecule has 0 saturated carbocycles. The van der Waals surface area contributed by atoms with Crippen LogP contribution in [-0.4, -0.2) is 52.6 Å². The second-order valence-corrected chi connectivity index (χ2v) is 7.05. The number of ether oxygens (including phenoxy) is 4. The molecule has 1 aliphatic heterocycles. The van der Waals surface area contributed by atoms with Crippen LogP contribution >= 0.6 is 0 Å². The summed E-state index contributed by atoms with van der Waals surface area (Å²) in [5.74, 6) is 2.61. The van der Waals surface area contributed by atoms with Crippen LogP contribution in [0.4, 0.5) is 11.5 Å². The zero-order valence-corrected chi connectivity index (χ0v) is 18.2. The molecule has 32 heavy (non-hydrogen) atoms. The third-order valence-corrected chi connectivity index (χ3v) is 4.52. The maximum absolute atomic E-state index is 6.25. The average Bonchev–Trinajstić information content (AvgIpc) is 2.80. The minimum absolute atomic E-state index is 0.0817. The zero-order valence-electron chi connectivity index (χ0n) is 18.2. The van der Waals surface area contributed by atoms with E-state index in [1.807, 2.05) is 19.1 Å². The van der Waals surface area contributed by atoms with Crippen molar-refractivity contribution in [1.29, 1.82) is 0 Å². The van der Waals surface area contributed by atoms with Crippen LogP contribution in [0.1, 0.15) is 12.5 Å². The molecule has 10 heteroatoms. The molecule has 4 radical (unpaired) electrons. The summed E-state index contributed by atoms with van der Waals surface area (Å²) in [4.78, 5) is 8.02. The van der Waals surface area contributed by atoms with Crippen LogP contribution < -0.4 is 30.0 Å². The minimum Gasteiger partial charge on any atom is -0.493 e. The maximum Gasteiger partial charge on any atom is 0.212 e. The van der Waals surface area contributed by atoms with Crippen LogP contribution in [0.25, 0.3) is 0 Å². The summed E-state index contributed by atoms with van der Waals surface area (Å²) in [6.07, 6.45) is 3.21. The van der Waals surface area contributed by atoms with Gasteiger partial charge in [-0.05, 0) is 48.2 Å². The number of anilines is 2. The second-order valence-electron chi connectivity index (χ2n) is 7.05. The Morgan fingerprint density at radius 3 is 2.50 bits per heavy atom. The number of nitrogens with two attached hydrogens (primary N) is 1. The predicted octanol–water partition coefficient (Wildman–Crippen LogP) is 2.48. The van der Waals surface area contributed by atoms with Crippen LogP contribution in [0.3, 0.4) is 0 Å². The largest absolute Gasteiger partial charge is 0.493 e. The fraction of sp³-hybridized carbons (Fsp3) is 0.273. The van der Waals surface area contributed by atoms with Crippen LogP contribution in [0.5, 0.6) is 23.1 Å². The van der Waals surface area contributed by atoms with Gasteiger partial charge in [-0.1, -0.05) is 6.07 Å². The third-order valence-electron chi connectivity index (χ3n) is 4.52. The lowest BCUT2D eigenvalue weighted by atomic mass is 9.58. The summed E-state index contributed by atoms with van der Waals surface area (Å²) in [6.45, 7) is 2.36. The number of nitrogen functional groups attached to an aromatic ring is 1. The van der Waals surface area contributed by atoms with Crippen LogP contribution in [0.2, 0.25) is 0 Å². The number of benzene rings is 1. The molecule has 3 N–H and O–H groups in total. The van der Waals surface area contributed by atoms with E-state index in [2.05, 4.69) is 15.3 Å². The highest BCUT2D eigenvalue weighted by Gasteiger charge is 2.28. The number of aromatic nitrogens is 2. The lowest BCUT2D eigenvalue weighted by Gasteiger charge is -2.32. The number of rotatable bonds is 5. The van der Waals surface area contributed by atoms with Crippen molar-refractivity contribution in [1.82, 2.24) is 9.97 Å². The Morgan fingerprint density at radius 2 is 1.88 bits per heavy atom. The standard InChI is InChI=1S/C16H17B2N3O3.C6H7NO/c1-9-8-23-14-12(22-2)6-10(7-13(14)24-9)16(17,18)21-15-11(19)4-3-5-20-15;1-8-6-4-2-3-5-7-6/h3-7,9H,8,19H2,1-2H3,(H,20,21);2-5H,1H3. The molecular weight excluding hydrogens is 406 g/mol. The van der Waals surface area contributed by atoms with Gasteiger partial charge in [0.05, 0.1) is 35.6 Å². The molecular formula is C22H24B2N4O4. The Balaban J connectivity index is 0.000000305. The van der Waals surface area contributed by atoms with E-state index in [0.717, 1.165) is 0 Å². The van der Waals surface area contributed by atoms with E-state index < -0.39 is 5.34 Å². The zero-order chi connectivity index (χ0) is 23.1. The van der Waals surface area contributed by atoms with E-state index in [0.29, 0.717) is 46.8 Å². The summed E-state index contributed by atoms with van der Waals surface area (Å²) in [5, 5.41) is 1.50. The molecule has 2 aromatic heterocycles. The number of methoxy groups -OCH3 is 2. The minimum atomic E-state index is -1.44. The van der Waals surface area contributed by atoms with Gasteiger partial charge in [-0.25, -0.2) is 9.97 Å². The van der Waals surface area contributed by atoms with E-state index in [9.17, 15) is 0 Å². The number of pyridine rings is 2. The highest BCUT2D eigenvalue weighted by atomic mass is 16.6. The topological polar surface area (TPSA) is 101 Å². The Labute approximate surface area is 190 Å². The van der Waals surface area contributed by atoms with Gasteiger partial charge in [-0.2, -0.15) is 0 Å². The smallest absolute Gasteiger partial charge is 0.212 e. The molecule has 0 fully saturated rings. The number of nitrogens with one attached hydrogen (secondary N) is 1. The number of hydrogen-bond donors (Lipinski definition) is 2. The Morgan fingerprint density at radius 1 is 1.09 bits per heavy atom. The lowest BCUT2D eigenvalue weighted by molar-refractivity contribution is 0.100. The SMILES string of the molecule is COc1ccccn1.[B]C([B])(Nc1ncccc1N)c1cc(OC)c2c(c1)OC(C)CO2. The van der Waals surface area contributed by atoms with E-state index >= 15 is 0 Å². The van der Waals surface area contributed by atoms with Crippen LogP contribution in [0.15, 0.2) is 54.9 Å². The first kappa shape index (κ1) is 23.1. The van der Waals surface area contributed by atoms with Crippen LogP contribution in [0, 0.1) is 0 Å². The van der Waals surface area contributed by atoms with E-state index in [-0.39, 0.29) is 6.10 Å². The molecule has 0 saturated heterocycles. The van der Waals surface area contributed by atoms with E-state index in [4.69, 9.17) is 40.4 Å².